The Morgan fingerprint density at radius 3 is 2.33 bits per heavy atom. The molecule has 0 atom stereocenters. The second-order valence-electron chi connectivity index (χ2n) is 5.60. The highest BCUT2D eigenvalue weighted by molar-refractivity contribution is 7.89. The minimum Gasteiger partial charge on any atom is -0.208 e. The van der Waals surface area contributed by atoms with Gasteiger partial charge in [0.1, 0.15) is 0 Å². The van der Waals surface area contributed by atoms with Crippen LogP contribution in [0, 0.1) is 5.92 Å². The number of alkyl halides is 3. The summed E-state index contributed by atoms with van der Waals surface area (Å²) in [6.07, 6.45) is -1.25. The van der Waals surface area contributed by atoms with Crippen molar-refractivity contribution in [1.82, 2.24) is 4.72 Å². The first-order chi connectivity index (χ1) is 9.68. The van der Waals surface area contributed by atoms with Crippen molar-refractivity contribution in [3.63, 3.8) is 0 Å². The smallest absolute Gasteiger partial charge is 0.208 e. The van der Waals surface area contributed by atoms with Crippen LogP contribution < -0.4 is 4.72 Å². The van der Waals surface area contributed by atoms with Gasteiger partial charge in [0, 0.05) is 6.04 Å². The molecule has 0 saturated heterocycles. The van der Waals surface area contributed by atoms with Crippen LogP contribution in [0.3, 0.4) is 0 Å². The third kappa shape index (κ3) is 4.20. The molecule has 1 aliphatic rings. The quantitative estimate of drug-likeness (QED) is 0.925. The Kier molecular flexibility index (Phi) is 4.63. The van der Waals surface area contributed by atoms with Crippen LogP contribution in [0.5, 0.6) is 0 Å². The summed E-state index contributed by atoms with van der Waals surface area (Å²) in [5.41, 5.74) is -0.956. The van der Waals surface area contributed by atoms with E-state index in [1.54, 1.807) is 0 Å². The maximum Gasteiger partial charge on any atom is 0.416 e. The lowest BCUT2D eigenvalue weighted by atomic mass is 9.88. The van der Waals surface area contributed by atoms with E-state index in [1.807, 2.05) is 0 Å². The van der Waals surface area contributed by atoms with Crippen LogP contribution in [-0.4, -0.2) is 14.5 Å². The summed E-state index contributed by atoms with van der Waals surface area (Å²) < 4.78 is 64.8. The number of hydrogen-bond acceptors (Lipinski definition) is 2. The van der Waals surface area contributed by atoms with Gasteiger partial charge in [-0.1, -0.05) is 13.0 Å². The molecule has 0 aliphatic heterocycles. The SMILES string of the molecule is CC1CCC(NS(=O)(=O)c2cccc(C(F)(F)F)c2)CC1. The van der Waals surface area contributed by atoms with E-state index >= 15 is 0 Å². The summed E-state index contributed by atoms with van der Waals surface area (Å²) in [4.78, 5) is -0.337. The molecule has 1 aromatic carbocycles. The number of benzene rings is 1. The van der Waals surface area contributed by atoms with Crippen molar-refractivity contribution in [2.45, 2.75) is 49.7 Å². The van der Waals surface area contributed by atoms with Crippen molar-refractivity contribution in [3.8, 4) is 0 Å². The normalized spacial score (nSPS) is 24.0. The Morgan fingerprint density at radius 2 is 1.76 bits per heavy atom. The minimum atomic E-state index is -4.55. The molecule has 0 heterocycles. The van der Waals surface area contributed by atoms with Crippen LogP contribution in [0.2, 0.25) is 0 Å². The van der Waals surface area contributed by atoms with Crippen LogP contribution >= 0.6 is 0 Å². The molecular formula is C14H18F3NO2S. The van der Waals surface area contributed by atoms with Gasteiger partial charge in [0.25, 0.3) is 0 Å². The summed E-state index contributed by atoms with van der Waals surface area (Å²) in [6.45, 7) is 2.11. The zero-order valence-electron chi connectivity index (χ0n) is 11.7. The Labute approximate surface area is 122 Å². The van der Waals surface area contributed by atoms with Gasteiger partial charge in [0.15, 0.2) is 0 Å². The van der Waals surface area contributed by atoms with Gasteiger partial charge in [-0.05, 0) is 49.8 Å². The number of hydrogen-bond donors (Lipinski definition) is 1. The van der Waals surface area contributed by atoms with Crippen LogP contribution in [0.25, 0.3) is 0 Å². The molecule has 118 valence electrons. The largest absolute Gasteiger partial charge is 0.416 e. The first-order valence-electron chi connectivity index (χ1n) is 6.88. The van der Waals surface area contributed by atoms with E-state index in [-0.39, 0.29) is 10.9 Å². The molecule has 3 nitrogen and oxygen atoms in total. The summed E-state index contributed by atoms with van der Waals surface area (Å²) in [7, 11) is -3.91. The molecule has 0 amide bonds. The van der Waals surface area contributed by atoms with Crippen molar-refractivity contribution >= 4 is 10.0 Å². The Balaban J connectivity index is 2.16. The second-order valence-corrected chi connectivity index (χ2v) is 7.32. The van der Waals surface area contributed by atoms with Crippen molar-refractivity contribution in [1.29, 1.82) is 0 Å². The van der Waals surface area contributed by atoms with Crippen LogP contribution in [0.15, 0.2) is 29.2 Å². The third-order valence-electron chi connectivity index (χ3n) is 3.81. The molecule has 0 unspecified atom stereocenters. The predicted molar refractivity (Wildman–Crippen MR) is 73.2 cm³/mol. The second kappa shape index (κ2) is 5.96. The molecule has 0 radical (unpaired) electrons. The lowest BCUT2D eigenvalue weighted by Crippen LogP contribution is -2.37. The fourth-order valence-electron chi connectivity index (χ4n) is 2.50. The lowest BCUT2D eigenvalue weighted by molar-refractivity contribution is -0.137. The van der Waals surface area contributed by atoms with Gasteiger partial charge in [-0.25, -0.2) is 13.1 Å². The van der Waals surface area contributed by atoms with Gasteiger partial charge >= 0.3 is 6.18 Å². The molecule has 1 N–H and O–H groups in total. The molecule has 0 spiro atoms. The van der Waals surface area contributed by atoms with E-state index in [1.165, 1.54) is 6.07 Å². The highest BCUT2D eigenvalue weighted by Crippen LogP contribution is 2.31. The summed E-state index contributed by atoms with van der Waals surface area (Å²) in [5.74, 6) is 0.569. The van der Waals surface area contributed by atoms with Gasteiger partial charge in [-0.15, -0.1) is 0 Å². The van der Waals surface area contributed by atoms with E-state index in [0.29, 0.717) is 12.0 Å². The number of rotatable bonds is 3. The third-order valence-corrected chi connectivity index (χ3v) is 5.33. The van der Waals surface area contributed by atoms with Crippen molar-refractivity contribution in [2.24, 2.45) is 5.92 Å². The van der Waals surface area contributed by atoms with Crippen LogP contribution in [0.1, 0.15) is 38.2 Å². The van der Waals surface area contributed by atoms with Gasteiger partial charge in [0.05, 0.1) is 10.5 Å². The molecule has 2 rings (SSSR count). The van der Waals surface area contributed by atoms with E-state index in [9.17, 15) is 21.6 Å². The molecule has 0 aromatic heterocycles. The fraction of sp³-hybridized carbons (Fsp3) is 0.571. The van der Waals surface area contributed by atoms with Crippen LogP contribution in [-0.2, 0) is 16.2 Å². The molecule has 1 saturated carbocycles. The predicted octanol–water partition coefficient (Wildman–Crippen LogP) is 3.56. The minimum absolute atomic E-state index is 0.194. The van der Waals surface area contributed by atoms with Gasteiger partial charge in [-0.3, -0.25) is 0 Å². The van der Waals surface area contributed by atoms with E-state index in [4.69, 9.17) is 0 Å². The number of sulfonamides is 1. The molecule has 21 heavy (non-hydrogen) atoms. The molecule has 7 heteroatoms. The molecule has 1 fully saturated rings. The molecule has 1 aliphatic carbocycles. The van der Waals surface area contributed by atoms with Gasteiger partial charge < -0.3 is 0 Å². The van der Waals surface area contributed by atoms with Crippen LogP contribution in [0.4, 0.5) is 13.2 Å². The maximum absolute atomic E-state index is 12.6. The first-order valence-corrected chi connectivity index (χ1v) is 8.36. The molecule has 1 aromatic rings. The number of nitrogens with one attached hydrogen (secondary N) is 1. The molecular weight excluding hydrogens is 303 g/mol. The summed E-state index contributed by atoms with van der Waals surface area (Å²) >= 11 is 0. The monoisotopic (exact) mass is 321 g/mol. The van der Waals surface area contributed by atoms with Crippen molar-refractivity contribution in [3.05, 3.63) is 29.8 Å². The van der Waals surface area contributed by atoms with Crippen molar-refractivity contribution < 1.29 is 21.6 Å². The lowest BCUT2D eigenvalue weighted by Gasteiger charge is -2.26. The van der Waals surface area contributed by atoms with E-state index < -0.39 is 21.8 Å². The van der Waals surface area contributed by atoms with Crippen molar-refractivity contribution in [2.75, 3.05) is 0 Å². The topological polar surface area (TPSA) is 46.2 Å². The van der Waals surface area contributed by atoms with Gasteiger partial charge in [-0.2, -0.15) is 13.2 Å². The average Bonchev–Trinajstić information content (AvgIpc) is 2.40. The zero-order chi connectivity index (χ0) is 15.7. The Bertz CT molecular complexity index is 590. The number of halogens is 3. The standard InChI is InChI=1S/C14H18F3NO2S/c1-10-5-7-12(8-6-10)18-21(19,20)13-4-2-3-11(9-13)14(15,16)17/h2-4,9-10,12,18H,5-8H2,1H3. The Morgan fingerprint density at radius 1 is 1.14 bits per heavy atom. The summed E-state index contributed by atoms with van der Waals surface area (Å²) in [6, 6.07) is 3.64. The molecule has 0 bridgehead atoms. The first kappa shape index (κ1) is 16.3. The fourth-order valence-corrected chi connectivity index (χ4v) is 3.86. The zero-order valence-corrected chi connectivity index (χ0v) is 12.5. The Hall–Kier alpha value is -1.08. The highest BCUT2D eigenvalue weighted by Gasteiger charge is 2.32. The summed E-state index contributed by atoms with van der Waals surface area (Å²) in [5, 5.41) is 0. The van der Waals surface area contributed by atoms with E-state index in [0.717, 1.165) is 37.8 Å². The average molecular weight is 321 g/mol. The van der Waals surface area contributed by atoms with Gasteiger partial charge in [0.2, 0.25) is 10.0 Å². The van der Waals surface area contributed by atoms with E-state index in [2.05, 4.69) is 11.6 Å². The maximum atomic E-state index is 12.6. The highest BCUT2D eigenvalue weighted by atomic mass is 32.2.